The van der Waals surface area contributed by atoms with E-state index < -0.39 is 6.29 Å². The number of hydrogen-bond donors (Lipinski definition) is 2. The number of carbonyl (C=O) groups excluding carboxylic acids is 1. The molecule has 41 heavy (non-hydrogen) atoms. The average Bonchev–Trinajstić information content (AvgIpc) is 2.97. The Bertz CT molecular complexity index is 1250. The number of methoxy groups -OCH3 is 3. The molecule has 3 aliphatic rings. The lowest BCUT2D eigenvalue weighted by Crippen LogP contribution is -2.51. The Morgan fingerprint density at radius 1 is 1.20 bits per heavy atom. The number of aromatic nitrogens is 2. The largest absolute Gasteiger partial charge is 0.383 e. The number of piperidine rings is 1. The number of nitriles is 1. The second-order valence-electron chi connectivity index (χ2n) is 10.6. The van der Waals surface area contributed by atoms with Crippen molar-refractivity contribution in [3.8, 4) is 6.07 Å². The van der Waals surface area contributed by atoms with E-state index in [-0.39, 0.29) is 6.03 Å². The number of likely N-dealkylation sites (tertiary alicyclic amines) is 1. The number of amides is 2. The first-order valence-electron chi connectivity index (χ1n) is 14.2. The number of aryl methyl sites for hydroxylation is 1. The lowest BCUT2D eigenvalue weighted by molar-refractivity contribution is -0.109. The molecular weight excluding hydrogens is 526 g/mol. The van der Waals surface area contributed by atoms with E-state index in [0.29, 0.717) is 54.5 Å². The van der Waals surface area contributed by atoms with Crippen LogP contribution in [-0.2, 0) is 25.4 Å². The molecule has 0 atom stereocenters. The molecule has 0 bridgehead atoms. The molecule has 0 radical (unpaired) electrons. The molecule has 12 heteroatoms. The smallest absolute Gasteiger partial charge is 0.328 e. The minimum atomic E-state index is -0.638. The molecule has 220 valence electrons. The highest BCUT2D eigenvalue weighted by Gasteiger charge is 2.34. The van der Waals surface area contributed by atoms with Gasteiger partial charge in [0.15, 0.2) is 0 Å². The summed E-state index contributed by atoms with van der Waals surface area (Å²) in [5, 5.41) is 15.5. The van der Waals surface area contributed by atoms with Crippen molar-refractivity contribution in [2.45, 2.75) is 43.9 Å². The summed E-state index contributed by atoms with van der Waals surface area (Å²) in [5.41, 5.74) is 3.88. The summed E-state index contributed by atoms with van der Waals surface area (Å²) in [6.07, 6.45) is 4.52. The van der Waals surface area contributed by atoms with E-state index in [4.69, 9.17) is 23.9 Å². The standard InChI is InChI=1S/C29H39N7O5/c1-38-12-8-31-24-14-25(32-16-21(24)15-30)33-29(37)36-9-4-5-20-13-23(26(34-27(20)36)28(39-2)40-3)19-6-10-35(11-7-19)22-17-41-18-22/h13-14,16,19,22,28H,4-12,17-18H2,1-3H3,(H2,31,32,33,37). The zero-order valence-corrected chi connectivity index (χ0v) is 24.0. The lowest BCUT2D eigenvalue weighted by atomic mass is 9.86. The van der Waals surface area contributed by atoms with Crippen molar-refractivity contribution in [2.24, 2.45) is 0 Å². The number of nitrogens with one attached hydrogen (secondary N) is 2. The van der Waals surface area contributed by atoms with Gasteiger partial charge in [-0.2, -0.15) is 5.26 Å². The van der Waals surface area contributed by atoms with E-state index in [1.807, 2.05) is 0 Å². The van der Waals surface area contributed by atoms with Gasteiger partial charge >= 0.3 is 6.03 Å². The van der Waals surface area contributed by atoms with Crippen LogP contribution in [0.1, 0.15) is 53.9 Å². The fourth-order valence-corrected chi connectivity index (χ4v) is 5.79. The molecule has 3 aliphatic heterocycles. The monoisotopic (exact) mass is 565 g/mol. The predicted molar refractivity (Wildman–Crippen MR) is 153 cm³/mol. The van der Waals surface area contributed by atoms with Gasteiger partial charge in [-0.1, -0.05) is 0 Å². The summed E-state index contributed by atoms with van der Waals surface area (Å²) in [5.74, 6) is 1.29. The molecule has 5 heterocycles. The first-order chi connectivity index (χ1) is 20.1. The SMILES string of the molecule is COCCNc1cc(NC(=O)N2CCCc3cc(C4CCN(C5COC5)CC4)c(C(OC)OC)nc32)ncc1C#N. The molecular formula is C29H39N7O5. The Hall–Kier alpha value is -3.34. The highest BCUT2D eigenvalue weighted by Crippen LogP contribution is 2.38. The highest BCUT2D eigenvalue weighted by atomic mass is 16.7. The number of hydrogen-bond acceptors (Lipinski definition) is 10. The quantitative estimate of drug-likeness (QED) is 0.327. The van der Waals surface area contributed by atoms with Gasteiger partial charge in [0.05, 0.1) is 37.1 Å². The molecule has 12 nitrogen and oxygen atoms in total. The van der Waals surface area contributed by atoms with E-state index >= 15 is 0 Å². The Balaban J connectivity index is 1.38. The summed E-state index contributed by atoms with van der Waals surface area (Å²) in [7, 11) is 4.83. The van der Waals surface area contributed by atoms with Crippen molar-refractivity contribution >= 4 is 23.4 Å². The Morgan fingerprint density at radius 3 is 2.63 bits per heavy atom. The number of nitrogens with zero attached hydrogens (tertiary/aromatic N) is 5. The van der Waals surface area contributed by atoms with Crippen molar-refractivity contribution in [1.82, 2.24) is 14.9 Å². The molecule has 2 aromatic rings. The summed E-state index contributed by atoms with van der Waals surface area (Å²) in [6.45, 7) is 5.22. The zero-order chi connectivity index (χ0) is 28.8. The van der Waals surface area contributed by atoms with Crippen LogP contribution in [0.15, 0.2) is 18.3 Å². The van der Waals surface area contributed by atoms with Crippen molar-refractivity contribution in [2.75, 3.05) is 82.9 Å². The average molecular weight is 566 g/mol. The van der Waals surface area contributed by atoms with Crippen LogP contribution in [0.2, 0.25) is 0 Å². The van der Waals surface area contributed by atoms with Gasteiger partial charge in [0.2, 0.25) is 6.29 Å². The summed E-state index contributed by atoms with van der Waals surface area (Å²) >= 11 is 0. The predicted octanol–water partition coefficient (Wildman–Crippen LogP) is 3.26. The van der Waals surface area contributed by atoms with Gasteiger partial charge in [-0.15, -0.1) is 0 Å². The maximum Gasteiger partial charge on any atom is 0.328 e. The van der Waals surface area contributed by atoms with Gasteiger partial charge in [0.25, 0.3) is 0 Å². The number of anilines is 3. The highest BCUT2D eigenvalue weighted by molar-refractivity contribution is 6.01. The zero-order valence-electron chi connectivity index (χ0n) is 24.0. The second kappa shape index (κ2) is 13.5. The maximum atomic E-state index is 13.5. The van der Waals surface area contributed by atoms with Crippen LogP contribution < -0.4 is 15.5 Å². The van der Waals surface area contributed by atoms with Crippen molar-refractivity contribution in [1.29, 1.82) is 5.26 Å². The van der Waals surface area contributed by atoms with Crippen LogP contribution in [0.25, 0.3) is 0 Å². The van der Waals surface area contributed by atoms with Crippen LogP contribution in [0.4, 0.5) is 22.1 Å². The molecule has 0 unspecified atom stereocenters. The van der Waals surface area contributed by atoms with E-state index in [9.17, 15) is 10.1 Å². The first-order valence-corrected chi connectivity index (χ1v) is 14.2. The van der Waals surface area contributed by atoms with E-state index in [1.165, 1.54) is 6.20 Å². The molecule has 2 saturated heterocycles. The Kier molecular flexibility index (Phi) is 9.64. The molecule has 0 aliphatic carbocycles. The van der Waals surface area contributed by atoms with Crippen LogP contribution in [0.3, 0.4) is 0 Å². The van der Waals surface area contributed by atoms with Gasteiger partial charge in [-0.05, 0) is 61.9 Å². The van der Waals surface area contributed by atoms with E-state index in [0.717, 1.165) is 68.8 Å². The molecule has 0 aromatic carbocycles. The molecule has 2 fully saturated rings. The number of rotatable bonds is 10. The topological polar surface area (TPSA) is 134 Å². The van der Waals surface area contributed by atoms with Gasteiger partial charge in [-0.3, -0.25) is 15.1 Å². The van der Waals surface area contributed by atoms with Crippen LogP contribution in [0, 0.1) is 11.3 Å². The normalized spacial score (nSPS) is 18.1. The third kappa shape index (κ3) is 6.45. The van der Waals surface area contributed by atoms with Gasteiger partial charge < -0.3 is 24.3 Å². The van der Waals surface area contributed by atoms with E-state index in [1.54, 1.807) is 32.3 Å². The van der Waals surface area contributed by atoms with Crippen LogP contribution >= 0.6 is 0 Å². The maximum absolute atomic E-state index is 13.5. The molecule has 5 rings (SSSR count). The summed E-state index contributed by atoms with van der Waals surface area (Å²) in [6, 6.07) is 6.20. The third-order valence-corrected chi connectivity index (χ3v) is 8.11. The molecule has 2 amide bonds. The number of ether oxygens (including phenoxy) is 4. The van der Waals surface area contributed by atoms with Gasteiger partial charge in [-0.25, -0.2) is 14.8 Å². The minimum Gasteiger partial charge on any atom is -0.383 e. The summed E-state index contributed by atoms with van der Waals surface area (Å²) < 4.78 is 21.8. The number of carbonyl (C=O) groups is 1. The third-order valence-electron chi connectivity index (χ3n) is 8.11. The number of urea groups is 1. The fraction of sp³-hybridized carbons (Fsp3) is 0.586. The number of pyridine rings is 2. The van der Waals surface area contributed by atoms with Crippen LogP contribution in [0.5, 0.6) is 0 Å². The minimum absolute atomic E-state index is 0.334. The molecule has 2 aromatic heterocycles. The Morgan fingerprint density at radius 2 is 1.98 bits per heavy atom. The van der Waals surface area contributed by atoms with Gasteiger partial charge in [0.1, 0.15) is 23.4 Å². The molecule has 0 spiro atoms. The lowest BCUT2D eigenvalue weighted by Gasteiger charge is -2.42. The fourth-order valence-electron chi connectivity index (χ4n) is 5.79. The summed E-state index contributed by atoms with van der Waals surface area (Å²) in [4.78, 5) is 27.1. The molecule has 0 saturated carbocycles. The second-order valence-corrected chi connectivity index (χ2v) is 10.6. The first kappa shape index (κ1) is 29.2. The van der Waals surface area contributed by atoms with Crippen molar-refractivity contribution in [3.63, 3.8) is 0 Å². The van der Waals surface area contributed by atoms with Gasteiger partial charge in [0, 0.05) is 46.7 Å². The molecule has 2 N–H and O–H groups in total. The van der Waals surface area contributed by atoms with Crippen molar-refractivity contribution < 1.29 is 23.7 Å². The van der Waals surface area contributed by atoms with E-state index in [2.05, 4.69) is 32.7 Å². The number of fused-ring (bicyclic) bond motifs is 1. The van der Waals surface area contributed by atoms with Crippen LogP contribution in [-0.4, -0.2) is 94.3 Å². The Labute approximate surface area is 240 Å². The van der Waals surface area contributed by atoms with Crippen molar-refractivity contribution in [3.05, 3.63) is 40.7 Å².